The number of methoxy groups -OCH3 is 2. The number of hydrogen-bond donors (Lipinski definition) is 1. The summed E-state index contributed by atoms with van der Waals surface area (Å²) < 4.78 is 15.7. The molecule has 0 unspecified atom stereocenters. The van der Waals surface area contributed by atoms with Gasteiger partial charge in [-0.25, -0.2) is 0 Å². The lowest BCUT2D eigenvalue weighted by atomic mass is 10.1. The molecule has 0 saturated heterocycles. The largest absolute Gasteiger partial charge is 0.493 e. The summed E-state index contributed by atoms with van der Waals surface area (Å²) in [6.45, 7) is 2.30. The maximum Gasteiger partial charge on any atom is 0.169 e. The molecule has 1 aliphatic heterocycles. The molecule has 4 nitrogen and oxygen atoms in total. The second kappa shape index (κ2) is 6.00. The van der Waals surface area contributed by atoms with E-state index >= 15 is 0 Å². The smallest absolute Gasteiger partial charge is 0.169 e. The summed E-state index contributed by atoms with van der Waals surface area (Å²) in [5, 5.41) is 3.30. The maximum atomic E-state index is 5.47. The highest BCUT2D eigenvalue weighted by Gasteiger charge is 2.12. The zero-order valence-corrected chi connectivity index (χ0v) is 10.4. The summed E-state index contributed by atoms with van der Waals surface area (Å²) in [6.07, 6.45) is 0.829. The van der Waals surface area contributed by atoms with Gasteiger partial charge in [0.05, 0.1) is 6.61 Å². The van der Waals surface area contributed by atoms with Crippen LogP contribution < -0.4 is 10.1 Å². The predicted octanol–water partition coefficient (Wildman–Crippen LogP) is 1.33. The minimum absolute atomic E-state index is 0.187. The number of ether oxygens (including phenoxy) is 3. The van der Waals surface area contributed by atoms with Gasteiger partial charge in [-0.05, 0) is 17.2 Å². The predicted molar refractivity (Wildman–Crippen MR) is 65.2 cm³/mol. The van der Waals surface area contributed by atoms with Crippen LogP contribution in [0.4, 0.5) is 0 Å². The SMILES string of the molecule is COC(CNCc1ccc2c(c1)CCO2)OC. The van der Waals surface area contributed by atoms with E-state index in [-0.39, 0.29) is 6.29 Å². The van der Waals surface area contributed by atoms with Gasteiger partial charge in [-0.15, -0.1) is 0 Å². The molecule has 1 N–H and O–H groups in total. The van der Waals surface area contributed by atoms with Crippen LogP contribution in [0.1, 0.15) is 11.1 Å². The first-order valence-electron chi connectivity index (χ1n) is 5.84. The van der Waals surface area contributed by atoms with E-state index in [0.717, 1.165) is 25.3 Å². The van der Waals surface area contributed by atoms with Crippen molar-refractivity contribution in [3.8, 4) is 5.75 Å². The summed E-state index contributed by atoms with van der Waals surface area (Å²) >= 11 is 0. The van der Waals surface area contributed by atoms with Crippen LogP contribution in [0.15, 0.2) is 18.2 Å². The molecule has 94 valence electrons. The Hall–Kier alpha value is -1.10. The summed E-state index contributed by atoms with van der Waals surface area (Å²) in [7, 11) is 3.28. The Morgan fingerprint density at radius 1 is 1.35 bits per heavy atom. The molecule has 2 rings (SSSR count). The average molecular weight is 237 g/mol. The number of rotatable bonds is 6. The van der Waals surface area contributed by atoms with Gasteiger partial charge >= 0.3 is 0 Å². The fourth-order valence-corrected chi connectivity index (χ4v) is 1.95. The average Bonchev–Trinajstić information content (AvgIpc) is 2.82. The number of hydrogen-bond acceptors (Lipinski definition) is 4. The van der Waals surface area contributed by atoms with E-state index in [1.807, 2.05) is 6.07 Å². The van der Waals surface area contributed by atoms with Crippen LogP contribution in [0.5, 0.6) is 5.75 Å². The number of fused-ring (bicyclic) bond motifs is 1. The van der Waals surface area contributed by atoms with E-state index in [4.69, 9.17) is 14.2 Å². The second-order valence-corrected chi connectivity index (χ2v) is 4.07. The highest BCUT2D eigenvalue weighted by atomic mass is 16.7. The molecule has 0 aliphatic carbocycles. The third-order valence-corrected chi connectivity index (χ3v) is 2.92. The molecule has 1 heterocycles. The lowest BCUT2D eigenvalue weighted by Crippen LogP contribution is -2.29. The Kier molecular flexibility index (Phi) is 4.36. The molecule has 0 atom stereocenters. The van der Waals surface area contributed by atoms with Crippen LogP contribution in [-0.2, 0) is 22.4 Å². The van der Waals surface area contributed by atoms with Crippen molar-refractivity contribution < 1.29 is 14.2 Å². The van der Waals surface area contributed by atoms with Gasteiger partial charge in [0, 0.05) is 33.7 Å². The van der Waals surface area contributed by atoms with Crippen LogP contribution in [0.25, 0.3) is 0 Å². The van der Waals surface area contributed by atoms with Crippen LogP contribution >= 0.6 is 0 Å². The van der Waals surface area contributed by atoms with E-state index in [1.165, 1.54) is 11.1 Å². The molecular formula is C13H19NO3. The summed E-state index contributed by atoms with van der Waals surface area (Å²) in [4.78, 5) is 0. The third kappa shape index (κ3) is 3.19. The van der Waals surface area contributed by atoms with Gasteiger partial charge in [0.25, 0.3) is 0 Å². The maximum absolute atomic E-state index is 5.47. The Morgan fingerprint density at radius 2 is 2.18 bits per heavy atom. The van der Waals surface area contributed by atoms with Gasteiger partial charge in [-0.2, -0.15) is 0 Å². The van der Waals surface area contributed by atoms with Crippen molar-refractivity contribution in [1.82, 2.24) is 5.32 Å². The summed E-state index contributed by atoms with van der Waals surface area (Å²) in [5.41, 5.74) is 2.57. The molecule has 0 bridgehead atoms. The molecule has 0 spiro atoms. The topological polar surface area (TPSA) is 39.7 Å². The van der Waals surface area contributed by atoms with Gasteiger partial charge in [-0.1, -0.05) is 12.1 Å². The Balaban J connectivity index is 1.83. The van der Waals surface area contributed by atoms with E-state index in [1.54, 1.807) is 14.2 Å². The first-order chi connectivity index (χ1) is 8.33. The van der Waals surface area contributed by atoms with Crippen LogP contribution in [0.3, 0.4) is 0 Å². The number of nitrogens with one attached hydrogen (secondary N) is 1. The second-order valence-electron chi connectivity index (χ2n) is 4.07. The van der Waals surface area contributed by atoms with Crippen LogP contribution in [-0.4, -0.2) is 33.7 Å². The van der Waals surface area contributed by atoms with Gasteiger partial charge in [-0.3, -0.25) is 0 Å². The quantitative estimate of drug-likeness (QED) is 0.758. The molecule has 0 fully saturated rings. The van der Waals surface area contributed by atoms with Gasteiger partial charge < -0.3 is 19.5 Å². The number of benzene rings is 1. The van der Waals surface area contributed by atoms with Crippen molar-refractivity contribution in [2.24, 2.45) is 0 Å². The van der Waals surface area contributed by atoms with Crippen LogP contribution in [0, 0.1) is 0 Å². The van der Waals surface area contributed by atoms with Crippen molar-refractivity contribution in [3.63, 3.8) is 0 Å². The lowest BCUT2D eigenvalue weighted by molar-refractivity contribution is -0.0989. The molecule has 0 amide bonds. The van der Waals surface area contributed by atoms with E-state index in [0.29, 0.717) is 6.54 Å². The molecular weight excluding hydrogens is 218 g/mol. The third-order valence-electron chi connectivity index (χ3n) is 2.92. The van der Waals surface area contributed by atoms with Crippen LogP contribution in [0.2, 0.25) is 0 Å². The highest BCUT2D eigenvalue weighted by molar-refractivity contribution is 5.39. The molecule has 17 heavy (non-hydrogen) atoms. The van der Waals surface area contributed by atoms with Gasteiger partial charge in [0.2, 0.25) is 0 Å². The summed E-state index contributed by atoms with van der Waals surface area (Å²) in [6, 6.07) is 6.33. The van der Waals surface area contributed by atoms with Gasteiger partial charge in [0.15, 0.2) is 6.29 Å². The van der Waals surface area contributed by atoms with Crippen molar-refractivity contribution in [1.29, 1.82) is 0 Å². The molecule has 0 radical (unpaired) electrons. The highest BCUT2D eigenvalue weighted by Crippen LogP contribution is 2.25. The van der Waals surface area contributed by atoms with Crippen molar-refractivity contribution in [2.45, 2.75) is 19.3 Å². The first-order valence-corrected chi connectivity index (χ1v) is 5.84. The van der Waals surface area contributed by atoms with Crippen molar-refractivity contribution >= 4 is 0 Å². The standard InChI is InChI=1S/C13H19NO3/c1-15-13(16-2)9-14-8-10-3-4-12-11(7-10)5-6-17-12/h3-4,7,13-14H,5-6,8-9H2,1-2H3. The van der Waals surface area contributed by atoms with E-state index in [2.05, 4.69) is 17.4 Å². The Labute approximate surface area is 102 Å². The Morgan fingerprint density at radius 3 is 2.94 bits per heavy atom. The van der Waals surface area contributed by atoms with E-state index < -0.39 is 0 Å². The minimum atomic E-state index is -0.187. The molecule has 0 saturated carbocycles. The molecule has 1 aliphatic rings. The Bertz CT molecular complexity index is 364. The zero-order chi connectivity index (χ0) is 12.1. The zero-order valence-electron chi connectivity index (χ0n) is 10.4. The van der Waals surface area contributed by atoms with E-state index in [9.17, 15) is 0 Å². The summed E-state index contributed by atoms with van der Waals surface area (Å²) in [5.74, 6) is 1.03. The lowest BCUT2D eigenvalue weighted by Gasteiger charge is -2.14. The molecule has 0 aromatic heterocycles. The molecule has 1 aromatic carbocycles. The van der Waals surface area contributed by atoms with Crippen molar-refractivity contribution in [3.05, 3.63) is 29.3 Å². The minimum Gasteiger partial charge on any atom is -0.493 e. The fourth-order valence-electron chi connectivity index (χ4n) is 1.95. The van der Waals surface area contributed by atoms with Crippen molar-refractivity contribution in [2.75, 3.05) is 27.4 Å². The fraction of sp³-hybridized carbons (Fsp3) is 0.538. The van der Waals surface area contributed by atoms with Gasteiger partial charge in [0.1, 0.15) is 5.75 Å². The molecule has 4 heteroatoms. The monoisotopic (exact) mass is 237 g/mol. The normalized spacial score (nSPS) is 13.8. The first kappa shape index (κ1) is 12.4. The molecule has 1 aromatic rings.